The number of anilines is 1. The van der Waals surface area contributed by atoms with Crippen LogP contribution in [0, 0.1) is 6.92 Å². The van der Waals surface area contributed by atoms with Gasteiger partial charge < -0.3 is 5.32 Å². The number of nitrogens with one attached hydrogen (secondary N) is 1. The first-order valence-corrected chi connectivity index (χ1v) is 8.21. The summed E-state index contributed by atoms with van der Waals surface area (Å²) in [5.74, 6) is -0.417. The fraction of sp³-hybridized carbons (Fsp3) is 0.562. The number of nitrogens with zero attached hydrogens (tertiary/aromatic N) is 4. The van der Waals surface area contributed by atoms with Crippen molar-refractivity contribution in [1.29, 1.82) is 0 Å². The molecule has 136 valence electrons. The van der Waals surface area contributed by atoms with Crippen LogP contribution in [0.3, 0.4) is 0 Å². The molecule has 0 aliphatic heterocycles. The number of halogens is 3. The van der Waals surface area contributed by atoms with Gasteiger partial charge in [-0.3, -0.25) is 14.2 Å². The molecule has 2 heterocycles. The summed E-state index contributed by atoms with van der Waals surface area (Å²) in [7, 11) is 1.74. The molecule has 0 bridgehead atoms. The molecule has 0 atom stereocenters. The highest BCUT2D eigenvalue weighted by molar-refractivity contribution is 5.90. The maximum atomic E-state index is 13.3. The fourth-order valence-corrected chi connectivity index (χ4v) is 3.15. The summed E-state index contributed by atoms with van der Waals surface area (Å²) in [6.45, 7) is 1.55. The predicted octanol–water partition coefficient (Wildman–Crippen LogP) is 2.85. The van der Waals surface area contributed by atoms with Crippen molar-refractivity contribution >= 4 is 11.6 Å². The van der Waals surface area contributed by atoms with Crippen LogP contribution >= 0.6 is 0 Å². The van der Waals surface area contributed by atoms with E-state index in [2.05, 4.69) is 15.5 Å². The minimum atomic E-state index is -4.50. The maximum absolute atomic E-state index is 13.3. The molecule has 0 aromatic carbocycles. The minimum absolute atomic E-state index is 0.243. The van der Waals surface area contributed by atoms with Crippen LogP contribution in [0.4, 0.5) is 18.9 Å². The van der Waals surface area contributed by atoms with Gasteiger partial charge in [-0.2, -0.15) is 23.4 Å². The third-order valence-electron chi connectivity index (χ3n) is 4.58. The minimum Gasteiger partial charge on any atom is -0.322 e. The largest absolute Gasteiger partial charge is 0.435 e. The van der Waals surface area contributed by atoms with Crippen LogP contribution in [0.5, 0.6) is 0 Å². The zero-order chi connectivity index (χ0) is 18.2. The molecule has 3 rings (SSSR count). The Balaban J connectivity index is 1.85. The molecule has 0 radical (unpaired) electrons. The van der Waals surface area contributed by atoms with E-state index in [9.17, 15) is 18.0 Å². The molecule has 1 aliphatic carbocycles. The van der Waals surface area contributed by atoms with Crippen molar-refractivity contribution < 1.29 is 18.0 Å². The van der Waals surface area contributed by atoms with Gasteiger partial charge in [0.2, 0.25) is 5.91 Å². The molecule has 25 heavy (non-hydrogen) atoms. The maximum Gasteiger partial charge on any atom is 0.435 e. The van der Waals surface area contributed by atoms with Gasteiger partial charge in [0.25, 0.3) is 0 Å². The second-order valence-corrected chi connectivity index (χ2v) is 6.31. The Morgan fingerprint density at radius 2 is 2.00 bits per heavy atom. The molecule has 0 spiro atoms. The first-order chi connectivity index (χ1) is 11.8. The van der Waals surface area contributed by atoms with Crippen molar-refractivity contribution in [2.45, 2.75) is 51.7 Å². The quantitative estimate of drug-likeness (QED) is 0.861. The van der Waals surface area contributed by atoms with Crippen LogP contribution in [0.1, 0.15) is 41.9 Å². The van der Waals surface area contributed by atoms with Gasteiger partial charge in [0.1, 0.15) is 6.54 Å². The van der Waals surface area contributed by atoms with E-state index in [4.69, 9.17) is 0 Å². The first kappa shape index (κ1) is 17.5. The number of rotatable bonds is 3. The fourth-order valence-electron chi connectivity index (χ4n) is 3.15. The standard InChI is InChI=1S/C16H20F3N5O/c1-10-12(8-20-23(10)2)21-14(25)9-24-13-7-5-3-4-6-11(13)15(22-24)16(17,18)19/h8H,3-7,9H2,1-2H3,(H,21,25). The van der Waals surface area contributed by atoms with E-state index in [0.29, 0.717) is 30.6 Å². The van der Waals surface area contributed by atoms with E-state index in [0.717, 1.165) is 18.5 Å². The summed E-state index contributed by atoms with van der Waals surface area (Å²) in [5, 5.41) is 10.4. The molecule has 0 saturated carbocycles. The zero-order valence-electron chi connectivity index (χ0n) is 14.2. The highest BCUT2D eigenvalue weighted by Crippen LogP contribution is 2.35. The lowest BCUT2D eigenvalue weighted by molar-refractivity contribution is -0.142. The predicted molar refractivity (Wildman–Crippen MR) is 85.1 cm³/mol. The molecule has 0 fully saturated rings. The monoisotopic (exact) mass is 355 g/mol. The average Bonchev–Trinajstić information content (AvgIpc) is 2.91. The van der Waals surface area contributed by atoms with Crippen molar-refractivity contribution in [3.8, 4) is 0 Å². The lowest BCUT2D eigenvalue weighted by Gasteiger charge is -2.08. The normalized spacial score (nSPS) is 14.9. The van der Waals surface area contributed by atoms with Gasteiger partial charge >= 0.3 is 6.18 Å². The van der Waals surface area contributed by atoms with Crippen LogP contribution in [-0.4, -0.2) is 25.5 Å². The van der Waals surface area contributed by atoms with E-state index in [1.807, 2.05) is 0 Å². The number of hydrogen-bond donors (Lipinski definition) is 1. The van der Waals surface area contributed by atoms with Crippen molar-refractivity contribution in [2.24, 2.45) is 7.05 Å². The molecular formula is C16H20F3N5O. The summed E-state index contributed by atoms with van der Waals surface area (Å²) >= 11 is 0. The summed E-state index contributed by atoms with van der Waals surface area (Å²) < 4.78 is 42.6. The highest BCUT2D eigenvalue weighted by atomic mass is 19.4. The van der Waals surface area contributed by atoms with Gasteiger partial charge in [-0.15, -0.1) is 0 Å². The number of carbonyl (C=O) groups excluding carboxylic acids is 1. The Labute approximate surface area is 143 Å². The molecule has 2 aromatic rings. The SMILES string of the molecule is Cc1c(NC(=O)Cn2nc(C(F)(F)F)c3c2CCCCC3)cnn1C. The summed E-state index contributed by atoms with van der Waals surface area (Å²) in [6, 6.07) is 0. The van der Waals surface area contributed by atoms with E-state index >= 15 is 0 Å². The molecule has 6 nitrogen and oxygen atoms in total. The number of aryl methyl sites for hydroxylation is 1. The highest BCUT2D eigenvalue weighted by Gasteiger charge is 2.39. The van der Waals surface area contributed by atoms with Crippen LogP contribution in [0.15, 0.2) is 6.20 Å². The summed E-state index contributed by atoms with van der Waals surface area (Å²) in [5.41, 5.74) is 1.23. The second-order valence-electron chi connectivity index (χ2n) is 6.31. The zero-order valence-corrected chi connectivity index (χ0v) is 14.2. The Morgan fingerprint density at radius 1 is 1.28 bits per heavy atom. The molecule has 1 aliphatic rings. The van der Waals surface area contributed by atoms with Crippen LogP contribution in [0.2, 0.25) is 0 Å². The Kier molecular flexibility index (Phi) is 4.57. The van der Waals surface area contributed by atoms with E-state index in [1.165, 1.54) is 10.9 Å². The molecule has 1 N–H and O–H groups in total. The molecular weight excluding hydrogens is 335 g/mol. The van der Waals surface area contributed by atoms with E-state index in [-0.39, 0.29) is 12.1 Å². The van der Waals surface area contributed by atoms with Crippen molar-refractivity contribution in [3.05, 3.63) is 28.8 Å². The summed E-state index contributed by atoms with van der Waals surface area (Å²) in [6.07, 6.45) is 0.272. The van der Waals surface area contributed by atoms with Crippen molar-refractivity contribution in [3.63, 3.8) is 0 Å². The second kappa shape index (κ2) is 6.53. The Bertz CT molecular complexity index is 791. The lowest BCUT2D eigenvalue weighted by atomic mass is 10.1. The van der Waals surface area contributed by atoms with E-state index in [1.54, 1.807) is 18.7 Å². The number of hydrogen-bond acceptors (Lipinski definition) is 3. The average molecular weight is 355 g/mol. The molecule has 1 amide bonds. The number of aromatic nitrogens is 4. The van der Waals surface area contributed by atoms with Crippen molar-refractivity contribution in [1.82, 2.24) is 19.6 Å². The van der Waals surface area contributed by atoms with Gasteiger partial charge in [-0.25, -0.2) is 0 Å². The van der Waals surface area contributed by atoms with Gasteiger partial charge in [-0.1, -0.05) is 6.42 Å². The topological polar surface area (TPSA) is 64.7 Å². The summed E-state index contributed by atoms with van der Waals surface area (Å²) in [4.78, 5) is 12.3. The van der Waals surface area contributed by atoms with Gasteiger partial charge in [0.05, 0.1) is 17.6 Å². The van der Waals surface area contributed by atoms with Gasteiger partial charge in [0.15, 0.2) is 5.69 Å². The number of amides is 1. The van der Waals surface area contributed by atoms with Crippen LogP contribution in [0.25, 0.3) is 0 Å². The first-order valence-electron chi connectivity index (χ1n) is 8.21. The molecule has 2 aromatic heterocycles. The van der Waals surface area contributed by atoms with Crippen LogP contribution in [-0.2, 0) is 37.4 Å². The number of carbonyl (C=O) groups is 1. The third kappa shape index (κ3) is 3.54. The third-order valence-corrected chi connectivity index (χ3v) is 4.58. The van der Waals surface area contributed by atoms with Crippen LogP contribution < -0.4 is 5.32 Å². The molecule has 0 unspecified atom stereocenters. The van der Waals surface area contributed by atoms with Gasteiger partial charge in [-0.05, 0) is 32.6 Å². The Hall–Kier alpha value is -2.32. The lowest BCUT2D eigenvalue weighted by Crippen LogP contribution is -2.21. The smallest absolute Gasteiger partial charge is 0.322 e. The van der Waals surface area contributed by atoms with Gasteiger partial charge in [0, 0.05) is 18.3 Å². The Morgan fingerprint density at radius 3 is 2.64 bits per heavy atom. The number of alkyl halides is 3. The molecule has 9 heteroatoms. The molecule has 0 saturated heterocycles. The van der Waals surface area contributed by atoms with Crippen molar-refractivity contribution in [2.75, 3.05) is 5.32 Å². The van der Waals surface area contributed by atoms with E-state index < -0.39 is 17.8 Å². The number of fused-ring (bicyclic) bond motifs is 1.